The van der Waals surface area contributed by atoms with E-state index in [1.807, 2.05) is 0 Å². The van der Waals surface area contributed by atoms with Crippen molar-refractivity contribution in [2.45, 2.75) is 12.6 Å². The van der Waals surface area contributed by atoms with E-state index in [0.717, 1.165) is 12.1 Å². The molecule has 2 rings (SSSR count). The second kappa shape index (κ2) is 10.5. The van der Waals surface area contributed by atoms with E-state index >= 15 is 0 Å². The van der Waals surface area contributed by atoms with Gasteiger partial charge >= 0.3 is 6.18 Å². The number of hydrogen-bond acceptors (Lipinski definition) is 4. The zero-order chi connectivity index (χ0) is 21.3. The molecule has 0 aliphatic rings. The SMILES string of the molecule is COCCCNC(=O)c1cccc(NCC(=O)Nc2cccc(C(F)(F)F)c2)c1. The van der Waals surface area contributed by atoms with E-state index in [-0.39, 0.29) is 18.1 Å². The van der Waals surface area contributed by atoms with Gasteiger partial charge in [-0.2, -0.15) is 13.2 Å². The zero-order valence-electron chi connectivity index (χ0n) is 15.8. The van der Waals surface area contributed by atoms with Crippen LogP contribution in [-0.4, -0.2) is 38.6 Å². The highest BCUT2D eigenvalue weighted by Crippen LogP contribution is 2.30. The summed E-state index contributed by atoms with van der Waals surface area (Å²) in [5, 5.41) is 8.01. The molecule has 0 atom stereocenters. The second-order valence-corrected chi connectivity index (χ2v) is 6.16. The molecule has 0 spiro atoms. The van der Waals surface area contributed by atoms with Gasteiger partial charge in [-0.05, 0) is 42.8 Å². The van der Waals surface area contributed by atoms with Crippen LogP contribution in [0.1, 0.15) is 22.3 Å². The first-order valence-electron chi connectivity index (χ1n) is 8.88. The highest BCUT2D eigenvalue weighted by atomic mass is 19.4. The number of ether oxygens (including phenoxy) is 1. The summed E-state index contributed by atoms with van der Waals surface area (Å²) in [6, 6.07) is 11.0. The third-order valence-corrected chi connectivity index (χ3v) is 3.86. The quantitative estimate of drug-likeness (QED) is 0.554. The smallest absolute Gasteiger partial charge is 0.385 e. The Morgan fingerprint density at radius 3 is 2.48 bits per heavy atom. The molecular formula is C20H22F3N3O3. The number of anilines is 2. The Bertz CT molecular complexity index is 841. The van der Waals surface area contributed by atoms with E-state index in [1.165, 1.54) is 12.1 Å². The van der Waals surface area contributed by atoms with Crippen LogP contribution in [-0.2, 0) is 15.7 Å². The molecule has 0 heterocycles. The van der Waals surface area contributed by atoms with Gasteiger partial charge in [-0.25, -0.2) is 0 Å². The van der Waals surface area contributed by atoms with Crippen LogP contribution in [0, 0.1) is 0 Å². The van der Waals surface area contributed by atoms with Gasteiger partial charge in [-0.15, -0.1) is 0 Å². The first-order chi connectivity index (χ1) is 13.8. The minimum atomic E-state index is -4.48. The van der Waals surface area contributed by atoms with E-state index < -0.39 is 17.6 Å². The summed E-state index contributed by atoms with van der Waals surface area (Å²) in [6.45, 7) is 0.849. The molecule has 0 radical (unpaired) electrons. The molecule has 0 fully saturated rings. The molecule has 0 saturated heterocycles. The molecule has 9 heteroatoms. The predicted octanol–water partition coefficient (Wildman–Crippen LogP) is 3.52. The van der Waals surface area contributed by atoms with E-state index in [9.17, 15) is 22.8 Å². The van der Waals surface area contributed by atoms with Gasteiger partial charge in [-0.1, -0.05) is 12.1 Å². The Balaban J connectivity index is 1.88. The molecule has 2 amide bonds. The molecule has 0 unspecified atom stereocenters. The van der Waals surface area contributed by atoms with Crippen LogP contribution in [0.2, 0.25) is 0 Å². The lowest BCUT2D eigenvalue weighted by Gasteiger charge is -2.11. The minimum absolute atomic E-state index is 0.0517. The third-order valence-electron chi connectivity index (χ3n) is 3.86. The van der Waals surface area contributed by atoms with Gasteiger partial charge in [0.1, 0.15) is 0 Å². The van der Waals surface area contributed by atoms with E-state index in [1.54, 1.807) is 31.4 Å². The number of alkyl halides is 3. The van der Waals surface area contributed by atoms with E-state index in [2.05, 4.69) is 16.0 Å². The maximum Gasteiger partial charge on any atom is 0.416 e. The molecule has 0 aromatic heterocycles. The number of methoxy groups -OCH3 is 1. The average Bonchev–Trinajstić information content (AvgIpc) is 2.69. The Morgan fingerprint density at radius 1 is 1.03 bits per heavy atom. The van der Waals surface area contributed by atoms with Crippen LogP contribution in [0.5, 0.6) is 0 Å². The fourth-order valence-corrected chi connectivity index (χ4v) is 2.45. The van der Waals surface area contributed by atoms with Crippen molar-refractivity contribution in [1.29, 1.82) is 0 Å². The maximum absolute atomic E-state index is 12.7. The van der Waals surface area contributed by atoms with Gasteiger partial charge in [0.2, 0.25) is 5.91 Å². The van der Waals surface area contributed by atoms with E-state index in [4.69, 9.17) is 4.74 Å². The lowest BCUT2D eigenvalue weighted by Crippen LogP contribution is -2.25. The number of benzene rings is 2. The van der Waals surface area contributed by atoms with Crippen molar-refractivity contribution in [2.24, 2.45) is 0 Å². The number of carbonyl (C=O) groups is 2. The zero-order valence-corrected chi connectivity index (χ0v) is 15.8. The van der Waals surface area contributed by atoms with Crippen LogP contribution in [0.15, 0.2) is 48.5 Å². The number of halogens is 3. The summed E-state index contributed by atoms with van der Waals surface area (Å²) in [5.41, 5.74) is 0.169. The van der Waals surface area contributed by atoms with Crippen molar-refractivity contribution in [2.75, 3.05) is 37.4 Å². The highest BCUT2D eigenvalue weighted by molar-refractivity contribution is 5.96. The topological polar surface area (TPSA) is 79.5 Å². The molecule has 3 N–H and O–H groups in total. The number of hydrogen-bond donors (Lipinski definition) is 3. The number of nitrogens with one attached hydrogen (secondary N) is 3. The first-order valence-corrected chi connectivity index (χ1v) is 8.88. The molecule has 29 heavy (non-hydrogen) atoms. The molecule has 2 aromatic carbocycles. The van der Waals surface area contributed by atoms with Gasteiger partial charge < -0.3 is 20.7 Å². The van der Waals surface area contributed by atoms with Crippen molar-refractivity contribution in [1.82, 2.24) is 5.32 Å². The third kappa shape index (κ3) is 7.46. The minimum Gasteiger partial charge on any atom is -0.385 e. The summed E-state index contributed by atoms with van der Waals surface area (Å²) in [6.07, 6.45) is -3.79. The van der Waals surface area contributed by atoms with Crippen molar-refractivity contribution in [3.8, 4) is 0 Å². The normalized spacial score (nSPS) is 11.0. The van der Waals surface area contributed by atoms with Crippen molar-refractivity contribution in [3.63, 3.8) is 0 Å². The standard InChI is InChI=1S/C20H22F3N3O3/c1-29-10-4-9-24-19(28)14-5-2-7-16(11-14)25-13-18(27)26-17-8-3-6-15(12-17)20(21,22)23/h2-3,5-8,11-12,25H,4,9-10,13H2,1H3,(H,24,28)(H,26,27). The van der Waals surface area contributed by atoms with Crippen LogP contribution < -0.4 is 16.0 Å². The summed E-state index contributed by atoms with van der Waals surface area (Å²) >= 11 is 0. The summed E-state index contributed by atoms with van der Waals surface area (Å²) in [5.74, 6) is -0.767. The highest BCUT2D eigenvalue weighted by Gasteiger charge is 2.30. The van der Waals surface area contributed by atoms with Crippen LogP contribution in [0.4, 0.5) is 24.5 Å². The molecule has 156 valence electrons. The molecule has 0 aliphatic heterocycles. The largest absolute Gasteiger partial charge is 0.416 e. The average molecular weight is 409 g/mol. The Morgan fingerprint density at radius 2 is 1.76 bits per heavy atom. The molecule has 0 saturated carbocycles. The number of carbonyl (C=O) groups excluding carboxylic acids is 2. The summed E-state index contributed by atoms with van der Waals surface area (Å²) in [4.78, 5) is 24.1. The predicted molar refractivity (Wildman–Crippen MR) is 104 cm³/mol. The van der Waals surface area contributed by atoms with Crippen LogP contribution >= 0.6 is 0 Å². The Labute approximate surface area is 166 Å². The van der Waals surface area contributed by atoms with Gasteiger partial charge in [0.05, 0.1) is 12.1 Å². The van der Waals surface area contributed by atoms with Crippen molar-refractivity contribution in [3.05, 3.63) is 59.7 Å². The Kier molecular flexibility index (Phi) is 8.02. The van der Waals surface area contributed by atoms with Gasteiger partial charge in [-0.3, -0.25) is 9.59 Å². The molecule has 2 aromatic rings. The lowest BCUT2D eigenvalue weighted by atomic mass is 10.2. The van der Waals surface area contributed by atoms with Crippen molar-refractivity contribution >= 4 is 23.2 Å². The Hall–Kier alpha value is -3.07. The van der Waals surface area contributed by atoms with Gasteiger partial charge in [0, 0.05) is 37.2 Å². The second-order valence-electron chi connectivity index (χ2n) is 6.16. The van der Waals surface area contributed by atoms with E-state index in [0.29, 0.717) is 30.8 Å². The summed E-state index contributed by atoms with van der Waals surface area (Å²) in [7, 11) is 1.58. The lowest BCUT2D eigenvalue weighted by molar-refractivity contribution is -0.137. The fraction of sp³-hybridized carbons (Fsp3) is 0.300. The first kappa shape index (κ1) is 22.2. The fourth-order valence-electron chi connectivity index (χ4n) is 2.45. The van der Waals surface area contributed by atoms with Gasteiger partial charge in [0.15, 0.2) is 0 Å². The van der Waals surface area contributed by atoms with Crippen LogP contribution in [0.3, 0.4) is 0 Å². The number of rotatable bonds is 9. The van der Waals surface area contributed by atoms with Crippen molar-refractivity contribution < 1.29 is 27.5 Å². The summed E-state index contributed by atoms with van der Waals surface area (Å²) < 4.78 is 43.1. The molecule has 0 bridgehead atoms. The van der Waals surface area contributed by atoms with Crippen LogP contribution in [0.25, 0.3) is 0 Å². The molecular weight excluding hydrogens is 387 g/mol. The number of amides is 2. The molecule has 6 nitrogen and oxygen atoms in total. The monoisotopic (exact) mass is 409 g/mol. The molecule has 0 aliphatic carbocycles. The van der Waals surface area contributed by atoms with Gasteiger partial charge in [0.25, 0.3) is 5.91 Å². The maximum atomic E-state index is 12.7.